The number of furan rings is 1. The summed E-state index contributed by atoms with van der Waals surface area (Å²) in [5, 5.41) is 1.02. The third kappa shape index (κ3) is 3.79. The Balaban J connectivity index is 1.29. The van der Waals surface area contributed by atoms with E-state index >= 15 is 0 Å². The Morgan fingerprint density at radius 1 is 1.17 bits per heavy atom. The minimum absolute atomic E-state index is 0.660. The molecule has 1 aliphatic rings. The molecule has 0 spiro atoms. The minimum atomic E-state index is 0.660. The smallest absolute Gasteiger partial charge is 0.195 e. The van der Waals surface area contributed by atoms with Crippen LogP contribution in [0.25, 0.3) is 22.2 Å². The van der Waals surface area contributed by atoms with Gasteiger partial charge in [-0.15, -0.1) is 11.3 Å². The van der Waals surface area contributed by atoms with Gasteiger partial charge in [0.25, 0.3) is 0 Å². The normalized spacial score (nSPS) is 14.0. The summed E-state index contributed by atoms with van der Waals surface area (Å²) in [5.74, 6) is 2.22. The van der Waals surface area contributed by atoms with Crippen LogP contribution in [0.5, 0.6) is 5.75 Å². The highest BCUT2D eigenvalue weighted by Gasteiger charge is 2.20. The van der Waals surface area contributed by atoms with E-state index in [1.54, 1.807) is 24.7 Å². The lowest BCUT2D eigenvalue weighted by atomic mass is 10.1. The van der Waals surface area contributed by atoms with E-state index < -0.39 is 0 Å². The van der Waals surface area contributed by atoms with Crippen LogP contribution in [-0.2, 0) is 19.5 Å². The molecule has 0 unspecified atom stereocenters. The van der Waals surface area contributed by atoms with E-state index in [0.717, 1.165) is 48.1 Å². The molecule has 4 aromatic rings. The van der Waals surface area contributed by atoms with Gasteiger partial charge in [0.15, 0.2) is 11.6 Å². The van der Waals surface area contributed by atoms with Crippen LogP contribution < -0.4 is 4.74 Å². The van der Waals surface area contributed by atoms with Gasteiger partial charge in [0.1, 0.15) is 10.8 Å². The molecule has 0 bridgehead atoms. The fraction of sp³-hybridized carbons (Fsp3) is 0.227. The first kappa shape index (κ1) is 18.0. The van der Waals surface area contributed by atoms with Crippen LogP contribution in [0.1, 0.15) is 16.1 Å². The standard InChI is InChI=1S/C22H20N4O2S/c1-27-17-5-2-4-15(10-17)22-24-12-18(29-22)14-26-8-7-19-16(13-26)11-23-21(25-19)20-6-3-9-28-20/h2-6,9-12H,7-8,13-14H2,1H3. The molecule has 0 aliphatic carbocycles. The molecule has 0 N–H and O–H groups in total. The molecular formula is C22H20N4O2S. The van der Waals surface area contributed by atoms with Crippen molar-refractivity contribution >= 4 is 11.3 Å². The summed E-state index contributed by atoms with van der Waals surface area (Å²) < 4.78 is 10.7. The summed E-state index contributed by atoms with van der Waals surface area (Å²) in [6, 6.07) is 11.8. The van der Waals surface area contributed by atoms with E-state index in [9.17, 15) is 0 Å². The van der Waals surface area contributed by atoms with Crippen LogP contribution in [0.15, 0.2) is 59.5 Å². The van der Waals surface area contributed by atoms with Gasteiger partial charge in [-0.25, -0.2) is 15.0 Å². The number of hydrogen-bond donors (Lipinski definition) is 0. The fourth-order valence-electron chi connectivity index (χ4n) is 3.52. The van der Waals surface area contributed by atoms with Gasteiger partial charge < -0.3 is 9.15 Å². The van der Waals surface area contributed by atoms with Crippen molar-refractivity contribution in [2.45, 2.75) is 19.5 Å². The average Bonchev–Trinajstić information content (AvgIpc) is 3.46. The van der Waals surface area contributed by atoms with E-state index in [1.807, 2.05) is 42.7 Å². The van der Waals surface area contributed by atoms with Gasteiger partial charge in [0, 0.05) is 54.5 Å². The Kier molecular flexibility index (Phi) is 4.83. The molecule has 0 amide bonds. The number of ether oxygens (including phenoxy) is 1. The first-order chi connectivity index (χ1) is 14.3. The van der Waals surface area contributed by atoms with Crippen molar-refractivity contribution in [1.82, 2.24) is 19.9 Å². The monoisotopic (exact) mass is 404 g/mol. The molecule has 6 nitrogen and oxygen atoms in total. The molecular weight excluding hydrogens is 384 g/mol. The Labute approximate surface area is 172 Å². The van der Waals surface area contributed by atoms with Crippen LogP contribution in [0.2, 0.25) is 0 Å². The van der Waals surface area contributed by atoms with E-state index in [1.165, 1.54) is 10.4 Å². The highest BCUT2D eigenvalue weighted by atomic mass is 32.1. The number of methoxy groups -OCH3 is 1. The predicted octanol–water partition coefficient (Wildman–Crippen LogP) is 4.43. The van der Waals surface area contributed by atoms with Crippen molar-refractivity contribution in [2.24, 2.45) is 0 Å². The van der Waals surface area contributed by atoms with E-state index in [0.29, 0.717) is 11.6 Å². The fourth-order valence-corrected chi connectivity index (χ4v) is 4.48. The summed E-state index contributed by atoms with van der Waals surface area (Å²) in [7, 11) is 1.68. The number of thiazole rings is 1. The van der Waals surface area contributed by atoms with Gasteiger partial charge in [-0.1, -0.05) is 12.1 Å². The molecule has 0 saturated carbocycles. The zero-order chi connectivity index (χ0) is 19.6. The molecule has 4 heterocycles. The first-order valence-electron chi connectivity index (χ1n) is 9.48. The zero-order valence-corrected chi connectivity index (χ0v) is 16.9. The highest BCUT2D eigenvalue weighted by molar-refractivity contribution is 7.15. The maximum atomic E-state index is 5.42. The molecule has 5 rings (SSSR count). The molecule has 7 heteroatoms. The van der Waals surface area contributed by atoms with Gasteiger partial charge in [-0.05, 0) is 24.3 Å². The Bertz CT molecular complexity index is 1120. The number of fused-ring (bicyclic) bond motifs is 1. The molecule has 0 saturated heterocycles. The van der Waals surface area contributed by atoms with Gasteiger partial charge in [-0.3, -0.25) is 4.90 Å². The van der Waals surface area contributed by atoms with Crippen LogP contribution in [-0.4, -0.2) is 33.5 Å². The molecule has 0 atom stereocenters. The Morgan fingerprint density at radius 2 is 2.14 bits per heavy atom. The lowest BCUT2D eigenvalue weighted by Crippen LogP contribution is -2.30. The third-order valence-electron chi connectivity index (χ3n) is 5.00. The van der Waals surface area contributed by atoms with E-state index in [2.05, 4.69) is 20.9 Å². The predicted molar refractivity (Wildman–Crippen MR) is 112 cm³/mol. The second-order valence-corrected chi connectivity index (χ2v) is 8.08. The molecule has 29 heavy (non-hydrogen) atoms. The SMILES string of the molecule is COc1cccc(-c2ncc(CN3CCc4nc(-c5ccco5)ncc4C3)s2)c1. The topological polar surface area (TPSA) is 64.3 Å². The average molecular weight is 404 g/mol. The molecule has 146 valence electrons. The van der Waals surface area contributed by atoms with Crippen molar-refractivity contribution in [2.75, 3.05) is 13.7 Å². The second-order valence-electron chi connectivity index (χ2n) is 6.97. The van der Waals surface area contributed by atoms with Crippen molar-refractivity contribution in [3.05, 3.63) is 71.2 Å². The number of benzene rings is 1. The van der Waals surface area contributed by atoms with Crippen molar-refractivity contribution in [1.29, 1.82) is 0 Å². The van der Waals surface area contributed by atoms with Crippen molar-refractivity contribution in [3.8, 4) is 27.9 Å². The maximum Gasteiger partial charge on any atom is 0.195 e. The number of rotatable bonds is 5. The van der Waals surface area contributed by atoms with Crippen molar-refractivity contribution in [3.63, 3.8) is 0 Å². The molecule has 0 fully saturated rings. The highest BCUT2D eigenvalue weighted by Crippen LogP contribution is 2.29. The molecule has 1 aliphatic heterocycles. The van der Waals surface area contributed by atoms with Crippen LogP contribution in [0, 0.1) is 0 Å². The van der Waals surface area contributed by atoms with Crippen molar-refractivity contribution < 1.29 is 9.15 Å². The summed E-state index contributed by atoms with van der Waals surface area (Å²) >= 11 is 1.73. The Hall–Kier alpha value is -3.03. The quantitative estimate of drug-likeness (QED) is 0.490. The number of aromatic nitrogens is 3. The van der Waals surface area contributed by atoms with Gasteiger partial charge in [0.05, 0.1) is 19.1 Å². The summed E-state index contributed by atoms with van der Waals surface area (Å²) in [6.07, 6.45) is 6.47. The van der Waals surface area contributed by atoms with Crippen LogP contribution in [0.3, 0.4) is 0 Å². The van der Waals surface area contributed by atoms with Crippen LogP contribution >= 0.6 is 11.3 Å². The first-order valence-corrected chi connectivity index (χ1v) is 10.3. The zero-order valence-electron chi connectivity index (χ0n) is 16.0. The lowest BCUT2D eigenvalue weighted by Gasteiger charge is -2.27. The Morgan fingerprint density at radius 3 is 3.00 bits per heavy atom. The second kappa shape index (κ2) is 7.77. The maximum absolute atomic E-state index is 5.42. The summed E-state index contributed by atoms with van der Waals surface area (Å²) in [4.78, 5) is 17.5. The molecule has 3 aromatic heterocycles. The number of nitrogens with zero attached hydrogens (tertiary/aromatic N) is 4. The largest absolute Gasteiger partial charge is 0.497 e. The van der Waals surface area contributed by atoms with Gasteiger partial charge in [-0.2, -0.15) is 0 Å². The van der Waals surface area contributed by atoms with Gasteiger partial charge >= 0.3 is 0 Å². The lowest BCUT2D eigenvalue weighted by molar-refractivity contribution is 0.245. The van der Waals surface area contributed by atoms with E-state index in [-0.39, 0.29) is 0 Å². The minimum Gasteiger partial charge on any atom is -0.497 e. The van der Waals surface area contributed by atoms with Crippen LogP contribution in [0.4, 0.5) is 0 Å². The summed E-state index contributed by atoms with van der Waals surface area (Å²) in [6.45, 7) is 2.69. The third-order valence-corrected chi connectivity index (χ3v) is 6.04. The number of hydrogen-bond acceptors (Lipinski definition) is 7. The molecule has 1 aromatic carbocycles. The summed E-state index contributed by atoms with van der Waals surface area (Å²) in [5.41, 5.74) is 3.39. The molecule has 0 radical (unpaired) electrons. The van der Waals surface area contributed by atoms with Gasteiger partial charge in [0.2, 0.25) is 0 Å². The van der Waals surface area contributed by atoms with E-state index in [4.69, 9.17) is 14.1 Å².